The Morgan fingerprint density at radius 3 is 2.62 bits per heavy atom. The molecule has 7 heteroatoms. The number of fused-ring (bicyclic) bond motifs is 1. The minimum atomic E-state index is -3.46. The predicted octanol–water partition coefficient (Wildman–Crippen LogP) is 1.30. The van der Waals surface area contributed by atoms with Gasteiger partial charge in [-0.3, -0.25) is 4.79 Å². The molecule has 0 saturated carbocycles. The average Bonchev–Trinajstić information content (AvgIpc) is 3.13. The van der Waals surface area contributed by atoms with Gasteiger partial charge < -0.3 is 10.6 Å². The van der Waals surface area contributed by atoms with Crippen molar-refractivity contribution in [3.63, 3.8) is 0 Å². The first-order valence-electron chi connectivity index (χ1n) is 9.56. The normalized spacial score (nSPS) is 18.7. The van der Waals surface area contributed by atoms with Crippen molar-refractivity contribution in [2.45, 2.75) is 43.4 Å². The molecular weight excluding hydrogens is 350 g/mol. The highest BCUT2D eigenvalue weighted by Crippen LogP contribution is 2.28. The Morgan fingerprint density at radius 2 is 1.88 bits per heavy atom. The Bertz CT molecular complexity index is 740. The van der Waals surface area contributed by atoms with E-state index in [1.165, 1.54) is 15.4 Å². The molecule has 1 aromatic carbocycles. The molecule has 1 amide bonds. The van der Waals surface area contributed by atoms with Crippen LogP contribution in [0.1, 0.15) is 36.8 Å². The van der Waals surface area contributed by atoms with Crippen molar-refractivity contribution < 1.29 is 13.2 Å². The van der Waals surface area contributed by atoms with Crippen LogP contribution in [0.25, 0.3) is 0 Å². The summed E-state index contributed by atoms with van der Waals surface area (Å²) in [6, 6.07) is 5.54. The molecule has 2 aliphatic rings. The Balaban J connectivity index is 1.56. The third kappa shape index (κ3) is 4.27. The van der Waals surface area contributed by atoms with Crippen molar-refractivity contribution in [3.8, 4) is 0 Å². The standard InChI is InChI=1S/C19H29N3O3S/c1-20-10-3-11-21-19(23)16-8-12-22(13-9-16)26(24,25)18-7-6-15-4-2-5-17(15)14-18/h6-7,14,16,20H,2-5,8-13H2,1H3,(H,21,23). The second-order valence-corrected chi connectivity index (χ2v) is 9.15. The number of aryl methyl sites for hydroxylation is 2. The highest BCUT2D eigenvalue weighted by molar-refractivity contribution is 7.89. The van der Waals surface area contributed by atoms with Gasteiger partial charge in [0.1, 0.15) is 0 Å². The number of nitrogens with zero attached hydrogens (tertiary/aromatic N) is 1. The lowest BCUT2D eigenvalue weighted by Crippen LogP contribution is -2.43. The minimum Gasteiger partial charge on any atom is -0.356 e. The van der Waals surface area contributed by atoms with Gasteiger partial charge in [-0.2, -0.15) is 4.31 Å². The van der Waals surface area contributed by atoms with E-state index in [0.717, 1.165) is 32.2 Å². The van der Waals surface area contributed by atoms with E-state index in [9.17, 15) is 13.2 Å². The van der Waals surface area contributed by atoms with E-state index >= 15 is 0 Å². The fourth-order valence-corrected chi connectivity index (χ4v) is 5.36. The van der Waals surface area contributed by atoms with E-state index in [0.29, 0.717) is 37.4 Å². The van der Waals surface area contributed by atoms with Gasteiger partial charge in [0, 0.05) is 25.6 Å². The molecule has 1 fully saturated rings. The van der Waals surface area contributed by atoms with Crippen LogP contribution in [-0.2, 0) is 27.7 Å². The Labute approximate surface area is 156 Å². The molecule has 144 valence electrons. The molecule has 0 radical (unpaired) electrons. The smallest absolute Gasteiger partial charge is 0.243 e. The molecule has 0 spiro atoms. The summed E-state index contributed by atoms with van der Waals surface area (Å²) in [6.45, 7) is 2.35. The van der Waals surface area contributed by atoms with E-state index in [2.05, 4.69) is 10.6 Å². The number of hydrogen-bond acceptors (Lipinski definition) is 4. The minimum absolute atomic E-state index is 0.0516. The summed E-state index contributed by atoms with van der Waals surface area (Å²) in [6.07, 6.45) is 5.19. The molecule has 1 aliphatic heterocycles. The van der Waals surface area contributed by atoms with Gasteiger partial charge in [0.2, 0.25) is 15.9 Å². The van der Waals surface area contributed by atoms with Crippen LogP contribution >= 0.6 is 0 Å². The monoisotopic (exact) mass is 379 g/mol. The van der Waals surface area contributed by atoms with Crippen molar-refractivity contribution in [1.29, 1.82) is 0 Å². The van der Waals surface area contributed by atoms with Gasteiger partial charge >= 0.3 is 0 Å². The molecule has 0 atom stereocenters. The molecule has 0 aromatic heterocycles. The molecule has 1 aliphatic carbocycles. The Morgan fingerprint density at radius 1 is 1.15 bits per heavy atom. The van der Waals surface area contributed by atoms with E-state index in [4.69, 9.17) is 0 Å². The van der Waals surface area contributed by atoms with Gasteiger partial charge in [0.25, 0.3) is 0 Å². The number of nitrogens with one attached hydrogen (secondary N) is 2. The van der Waals surface area contributed by atoms with Gasteiger partial charge in [-0.25, -0.2) is 8.42 Å². The number of carbonyl (C=O) groups excluding carboxylic acids is 1. The zero-order valence-corrected chi connectivity index (χ0v) is 16.3. The second kappa shape index (κ2) is 8.50. The maximum atomic E-state index is 12.9. The van der Waals surface area contributed by atoms with Gasteiger partial charge in [0.15, 0.2) is 0 Å². The topological polar surface area (TPSA) is 78.5 Å². The quantitative estimate of drug-likeness (QED) is 0.700. The zero-order valence-electron chi connectivity index (χ0n) is 15.5. The first kappa shape index (κ1) is 19.3. The fraction of sp³-hybridized carbons (Fsp3) is 0.632. The molecular formula is C19H29N3O3S. The molecule has 1 saturated heterocycles. The number of piperidine rings is 1. The summed E-state index contributed by atoms with van der Waals surface area (Å²) in [7, 11) is -1.58. The lowest BCUT2D eigenvalue weighted by Gasteiger charge is -2.30. The summed E-state index contributed by atoms with van der Waals surface area (Å²) in [5.74, 6) is -0.0354. The van der Waals surface area contributed by atoms with Gasteiger partial charge in [0.05, 0.1) is 4.90 Å². The Hall–Kier alpha value is -1.44. The van der Waals surface area contributed by atoms with Crippen LogP contribution in [0.15, 0.2) is 23.1 Å². The molecule has 0 unspecified atom stereocenters. The predicted molar refractivity (Wildman–Crippen MR) is 102 cm³/mol. The first-order chi connectivity index (χ1) is 12.5. The van der Waals surface area contributed by atoms with E-state index in [1.807, 2.05) is 19.2 Å². The maximum Gasteiger partial charge on any atom is 0.243 e. The second-order valence-electron chi connectivity index (χ2n) is 7.21. The summed E-state index contributed by atoms with van der Waals surface area (Å²) in [5.41, 5.74) is 2.44. The molecule has 0 bridgehead atoms. The number of benzene rings is 1. The van der Waals surface area contributed by atoms with E-state index in [1.54, 1.807) is 6.07 Å². The number of hydrogen-bond donors (Lipinski definition) is 2. The van der Waals surface area contributed by atoms with E-state index < -0.39 is 10.0 Å². The lowest BCUT2D eigenvalue weighted by atomic mass is 9.97. The largest absolute Gasteiger partial charge is 0.356 e. The Kier molecular flexibility index (Phi) is 6.32. The van der Waals surface area contributed by atoms with Gasteiger partial charge in [-0.1, -0.05) is 6.07 Å². The fourth-order valence-electron chi connectivity index (χ4n) is 3.84. The van der Waals surface area contributed by atoms with Crippen molar-refractivity contribution in [3.05, 3.63) is 29.3 Å². The van der Waals surface area contributed by atoms with E-state index in [-0.39, 0.29) is 11.8 Å². The number of sulfonamides is 1. The zero-order chi connectivity index (χ0) is 18.6. The van der Waals surface area contributed by atoms with Crippen LogP contribution < -0.4 is 10.6 Å². The molecule has 2 N–H and O–H groups in total. The summed E-state index contributed by atoms with van der Waals surface area (Å²) < 4.78 is 27.4. The molecule has 1 heterocycles. The lowest BCUT2D eigenvalue weighted by molar-refractivity contribution is -0.126. The molecule has 6 nitrogen and oxygen atoms in total. The average molecular weight is 380 g/mol. The number of carbonyl (C=O) groups is 1. The van der Waals surface area contributed by atoms with Crippen molar-refractivity contribution >= 4 is 15.9 Å². The van der Waals surface area contributed by atoms with Crippen LogP contribution in [0.2, 0.25) is 0 Å². The summed E-state index contributed by atoms with van der Waals surface area (Å²) in [4.78, 5) is 12.6. The molecule has 1 aromatic rings. The van der Waals surface area contributed by atoms with Crippen LogP contribution in [0.3, 0.4) is 0 Å². The van der Waals surface area contributed by atoms with Gasteiger partial charge in [-0.05, 0) is 75.4 Å². The highest BCUT2D eigenvalue weighted by Gasteiger charge is 2.32. The third-order valence-corrected chi connectivity index (χ3v) is 7.33. The number of amides is 1. The first-order valence-corrected chi connectivity index (χ1v) is 11.0. The summed E-state index contributed by atoms with van der Waals surface area (Å²) in [5, 5.41) is 6.00. The number of rotatable bonds is 7. The van der Waals surface area contributed by atoms with Crippen molar-refractivity contribution in [2.75, 3.05) is 33.2 Å². The van der Waals surface area contributed by atoms with Crippen molar-refractivity contribution in [2.24, 2.45) is 5.92 Å². The highest BCUT2D eigenvalue weighted by atomic mass is 32.2. The summed E-state index contributed by atoms with van der Waals surface area (Å²) >= 11 is 0. The third-order valence-electron chi connectivity index (χ3n) is 5.44. The van der Waals surface area contributed by atoms with Crippen LogP contribution in [0, 0.1) is 5.92 Å². The van der Waals surface area contributed by atoms with Crippen LogP contribution in [0.4, 0.5) is 0 Å². The molecule has 26 heavy (non-hydrogen) atoms. The molecule has 3 rings (SSSR count). The van der Waals surface area contributed by atoms with Crippen LogP contribution in [0.5, 0.6) is 0 Å². The van der Waals surface area contributed by atoms with Crippen molar-refractivity contribution in [1.82, 2.24) is 14.9 Å². The van der Waals surface area contributed by atoms with Crippen LogP contribution in [-0.4, -0.2) is 51.9 Å². The van der Waals surface area contributed by atoms with Gasteiger partial charge in [-0.15, -0.1) is 0 Å². The maximum absolute atomic E-state index is 12.9. The SMILES string of the molecule is CNCCCNC(=O)C1CCN(S(=O)(=O)c2ccc3c(c2)CCC3)CC1.